The number of fused-ring (bicyclic) bond motifs is 1. The van der Waals surface area contributed by atoms with Gasteiger partial charge in [0.2, 0.25) is 5.91 Å². The summed E-state index contributed by atoms with van der Waals surface area (Å²) in [5.41, 5.74) is 1.06. The summed E-state index contributed by atoms with van der Waals surface area (Å²) >= 11 is 5.86. The van der Waals surface area contributed by atoms with Gasteiger partial charge in [0.15, 0.2) is 5.69 Å². The number of hydrogen-bond donors (Lipinski definition) is 1. The Morgan fingerprint density at radius 3 is 2.53 bits per heavy atom. The number of amides is 2. The van der Waals surface area contributed by atoms with Crippen molar-refractivity contribution in [2.24, 2.45) is 5.41 Å². The van der Waals surface area contributed by atoms with Gasteiger partial charge in [-0.1, -0.05) is 32.4 Å². The van der Waals surface area contributed by atoms with E-state index in [0.29, 0.717) is 24.5 Å². The molecule has 1 aliphatic heterocycles. The summed E-state index contributed by atoms with van der Waals surface area (Å²) in [6.45, 7) is 7.75. The van der Waals surface area contributed by atoms with Crippen molar-refractivity contribution in [3.05, 3.63) is 40.4 Å². The lowest BCUT2D eigenvalue weighted by molar-refractivity contribution is -0.133. The van der Waals surface area contributed by atoms with Crippen LogP contribution in [0.25, 0.3) is 11.4 Å². The van der Waals surface area contributed by atoms with Crippen molar-refractivity contribution in [3.8, 4) is 11.4 Å². The molecule has 0 saturated carbocycles. The fraction of sp³-hybridized carbons (Fsp3) is 0.522. The number of rotatable bonds is 4. The molecule has 2 amide bonds. The van der Waals surface area contributed by atoms with Gasteiger partial charge in [0, 0.05) is 32.7 Å². The van der Waals surface area contributed by atoms with Crippen LogP contribution in [0.1, 0.15) is 43.4 Å². The zero-order valence-corrected chi connectivity index (χ0v) is 20.3. The molecule has 0 bridgehead atoms. The maximum atomic E-state index is 14.2. The number of carbonyl (C=O) groups excluding carboxylic acids is 2. The number of carbonyl (C=O) groups is 2. The van der Waals surface area contributed by atoms with Gasteiger partial charge in [-0.05, 0) is 43.6 Å². The van der Waals surface area contributed by atoms with Crippen molar-refractivity contribution < 1.29 is 14.0 Å². The van der Waals surface area contributed by atoms with Crippen LogP contribution in [0.15, 0.2) is 18.2 Å². The van der Waals surface area contributed by atoms with Crippen molar-refractivity contribution in [1.29, 1.82) is 0 Å². The van der Waals surface area contributed by atoms with Gasteiger partial charge in [0.1, 0.15) is 17.7 Å². The third-order valence-corrected chi connectivity index (χ3v) is 5.94. The van der Waals surface area contributed by atoms with Gasteiger partial charge in [-0.3, -0.25) is 9.59 Å². The van der Waals surface area contributed by atoms with Crippen molar-refractivity contribution in [1.82, 2.24) is 24.7 Å². The number of nitrogens with zero attached hydrogens (tertiary/aromatic N) is 4. The van der Waals surface area contributed by atoms with E-state index in [9.17, 15) is 14.0 Å². The molecule has 174 valence electrons. The van der Waals surface area contributed by atoms with Crippen LogP contribution < -0.4 is 5.32 Å². The normalized spacial score (nSPS) is 15.6. The Morgan fingerprint density at radius 2 is 1.94 bits per heavy atom. The second-order valence-electron chi connectivity index (χ2n) is 9.61. The molecule has 2 aromatic rings. The fourth-order valence-corrected chi connectivity index (χ4v) is 3.98. The molecule has 2 heterocycles. The van der Waals surface area contributed by atoms with Gasteiger partial charge in [-0.15, -0.1) is 0 Å². The highest BCUT2D eigenvalue weighted by Crippen LogP contribution is 2.29. The number of likely N-dealkylation sites (N-methyl/N-ethyl adjacent to an activating group) is 1. The smallest absolute Gasteiger partial charge is 0.272 e. The summed E-state index contributed by atoms with van der Waals surface area (Å²) in [7, 11) is 5.32. The van der Waals surface area contributed by atoms with E-state index >= 15 is 0 Å². The van der Waals surface area contributed by atoms with Crippen LogP contribution in [-0.2, 0) is 17.9 Å². The van der Waals surface area contributed by atoms with Crippen LogP contribution in [0.5, 0.6) is 0 Å². The minimum Gasteiger partial charge on any atom is -0.347 e. The fourth-order valence-electron chi connectivity index (χ4n) is 3.86. The highest BCUT2D eigenvalue weighted by molar-refractivity contribution is 6.30. The number of nitrogens with one attached hydrogen (secondary N) is 1. The molecule has 0 fully saturated rings. The summed E-state index contributed by atoms with van der Waals surface area (Å²) in [6, 6.07) is 3.80. The van der Waals surface area contributed by atoms with E-state index in [-0.39, 0.29) is 16.6 Å². The van der Waals surface area contributed by atoms with Gasteiger partial charge in [-0.25, -0.2) is 9.37 Å². The zero-order chi connectivity index (χ0) is 23.8. The molecule has 0 radical (unpaired) electrons. The van der Waals surface area contributed by atoms with Crippen molar-refractivity contribution in [3.63, 3.8) is 0 Å². The molecular weight excluding hydrogens is 433 g/mol. The molecule has 1 atom stereocenters. The summed E-state index contributed by atoms with van der Waals surface area (Å²) in [5.74, 6) is -0.627. The predicted octanol–water partition coefficient (Wildman–Crippen LogP) is 3.41. The Morgan fingerprint density at radius 1 is 1.25 bits per heavy atom. The molecule has 3 rings (SSSR count). The molecular formula is C23H31ClFN5O2. The lowest BCUT2D eigenvalue weighted by Crippen LogP contribution is -2.53. The summed E-state index contributed by atoms with van der Waals surface area (Å²) in [5, 5.41) is 2.94. The van der Waals surface area contributed by atoms with E-state index in [2.05, 4.69) is 15.2 Å². The standard InChI is InChI=1S/C23H31ClFN5O2/c1-23(2,3)19(22(32)28(4)5)27-21(31)18-17-13-29(6)10-7-11-30(17)20(26-18)14-8-9-15(24)16(25)12-14/h8-9,12,19H,7,10-11,13H2,1-6H3,(H,27,31). The second-order valence-corrected chi connectivity index (χ2v) is 10.0. The average Bonchev–Trinajstić information content (AvgIpc) is 2.93. The number of hydrogen-bond acceptors (Lipinski definition) is 4. The quantitative estimate of drug-likeness (QED) is 0.754. The van der Waals surface area contributed by atoms with Gasteiger partial charge in [0.25, 0.3) is 5.91 Å². The monoisotopic (exact) mass is 463 g/mol. The Balaban J connectivity index is 2.07. The second kappa shape index (κ2) is 9.19. The third kappa shape index (κ3) is 4.96. The SMILES string of the molecule is CN1CCCn2c(-c3ccc(Cl)c(F)c3)nc(C(=O)NC(C(=O)N(C)C)C(C)(C)C)c2C1. The van der Waals surface area contributed by atoms with Crippen molar-refractivity contribution in [2.75, 3.05) is 27.7 Å². The number of aromatic nitrogens is 2. The van der Waals surface area contributed by atoms with E-state index in [1.807, 2.05) is 32.4 Å². The summed E-state index contributed by atoms with van der Waals surface area (Å²) in [6.07, 6.45) is 0.869. The molecule has 1 unspecified atom stereocenters. The van der Waals surface area contributed by atoms with E-state index in [1.54, 1.807) is 20.2 Å². The molecule has 1 N–H and O–H groups in total. The lowest BCUT2D eigenvalue weighted by Gasteiger charge is -2.32. The molecule has 7 nitrogen and oxygen atoms in total. The maximum absolute atomic E-state index is 14.2. The van der Waals surface area contributed by atoms with E-state index < -0.39 is 23.2 Å². The van der Waals surface area contributed by atoms with Crippen LogP contribution in [0.2, 0.25) is 5.02 Å². The molecule has 0 aliphatic carbocycles. The van der Waals surface area contributed by atoms with Gasteiger partial charge < -0.3 is 19.7 Å². The Kier molecular flexibility index (Phi) is 6.95. The number of halogens is 2. The Hall–Kier alpha value is -2.45. The van der Waals surface area contributed by atoms with E-state index in [1.165, 1.54) is 17.0 Å². The molecule has 1 aliphatic rings. The van der Waals surface area contributed by atoms with Crippen LogP contribution >= 0.6 is 11.6 Å². The first kappa shape index (κ1) is 24.2. The van der Waals surface area contributed by atoms with Crippen molar-refractivity contribution in [2.45, 2.75) is 46.3 Å². The highest BCUT2D eigenvalue weighted by Gasteiger charge is 2.36. The zero-order valence-electron chi connectivity index (χ0n) is 19.5. The molecule has 1 aromatic carbocycles. The van der Waals surface area contributed by atoms with Crippen molar-refractivity contribution >= 4 is 23.4 Å². The minimum absolute atomic E-state index is 0.0318. The highest BCUT2D eigenvalue weighted by atomic mass is 35.5. The minimum atomic E-state index is -0.720. The first-order valence-corrected chi connectivity index (χ1v) is 11.0. The maximum Gasteiger partial charge on any atom is 0.272 e. The molecule has 0 saturated heterocycles. The number of imidazole rings is 1. The van der Waals surface area contributed by atoms with Crippen LogP contribution in [0, 0.1) is 11.2 Å². The molecule has 1 aromatic heterocycles. The Labute approximate surface area is 193 Å². The molecule has 9 heteroatoms. The first-order chi connectivity index (χ1) is 14.9. The number of benzene rings is 1. The van der Waals surface area contributed by atoms with Gasteiger partial charge >= 0.3 is 0 Å². The Bertz CT molecular complexity index is 1030. The van der Waals surface area contributed by atoms with Crippen LogP contribution in [0.4, 0.5) is 4.39 Å². The van der Waals surface area contributed by atoms with Crippen LogP contribution in [0.3, 0.4) is 0 Å². The molecule has 32 heavy (non-hydrogen) atoms. The third-order valence-electron chi connectivity index (χ3n) is 5.64. The first-order valence-electron chi connectivity index (χ1n) is 10.7. The predicted molar refractivity (Wildman–Crippen MR) is 123 cm³/mol. The lowest BCUT2D eigenvalue weighted by atomic mass is 9.85. The van der Waals surface area contributed by atoms with E-state index in [4.69, 9.17) is 11.6 Å². The largest absolute Gasteiger partial charge is 0.347 e. The average molecular weight is 464 g/mol. The summed E-state index contributed by atoms with van der Waals surface area (Å²) < 4.78 is 16.1. The summed E-state index contributed by atoms with van der Waals surface area (Å²) in [4.78, 5) is 34.4. The van der Waals surface area contributed by atoms with Crippen LogP contribution in [-0.4, -0.2) is 64.9 Å². The van der Waals surface area contributed by atoms with Gasteiger partial charge in [-0.2, -0.15) is 0 Å². The topological polar surface area (TPSA) is 70.5 Å². The molecule has 0 spiro atoms. The van der Waals surface area contributed by atoms with Gasteiger partial charge in [0.05, 0.1) is 10.7 Å². The van der Waals surface area contributed by atoms with E-state index in [0.717, 1.165) is 18.7 Å².